The summed E-state index contributed by atoms with van der Waals surface area (Å²) in [6.45, 7) is 2.23. The van der Waals surface area contributed by atoms with Gasteiger partial charge in [-0.25, -0.2) is 4.98 Å². The lowest BCUT2D eigenvalue weighted by molar-refractivity contribution is 0.102. The maximum absolute atomic E-state index is 13.4. The lowest BCUT2D eigenvalue weighted by Crippen LogP contribution is -2.13. The minimum atomic E-state index is -0.231. The third kappa shape index (κ3) is 3.74. The smallest absolute Gasteiger partial charge is 0.257 e. The third-order valence-electron chi connectivity index (χ3n) is 5.64. The van der Waals surface area contributed by atoms with E-state index in [1.807, 2.05) is 42.5 Å². The van der Waals surface area contributed by atoms with Crippen LogP contribution < -0.4 is 5.32 Å². The van der Waals surface area contributed by atoms with Crippen molar-refractivity contribution >= 4 is 56.1 Å². The highest BCUT2D eigenvalue weighted by Crippen LogP contribution is 2.40. The lowest BCUT2D eigenvalue weighted by atomic mass is 9.88. The summed E-state index contributed by atoms with van der Waals surface area (Å²) >= 11 is 9.08. The fourth-order valence-electron chi connectivity index (χ4n) is 4.07. The van der Waals surface area contributed by atoms with E-state index >= 15 is 0 Å². The summed E-state index contributed by atoms with van der Waals surface area (Å²) in [6.07, 6.45) is 2.94. The van der Waals surface area contributed by atoms with Gasteiger partial charge in [-0.2, -0.15) is 5.26 Å². The molecule has 5 rings (SSSR count). The number of hydrogen-bond acceptors (Lipinski definition) is 5. The van der Waals surface area contributed by atoms with Crippen molar-refractivity contribution in [1.82, 2.24) is 4.98 Å². The predicted octanol–water partition coefficient (Wildman–Crippen LogP) is 6.93. The van der Waals surface area contributed by atoms with Gasteiger partial charge in [0.25, 0.3) is 5.91 Å². The van der Waals surface area contributed by atoms with Gasteiger partial charge < -0.3 is 5.32 Å². The summed E-state index contributed by atoms with van der Waals surface area (Å²) in [6, 6.07) is 15.5. The van der Waals surface area contributed by atoms with Crippen molar-refractivity contribution in [2.24, 2.45) is 5.92 Å². The molecule has 1 aliphatic carbocycles. The van der Waals surface area contributed by atoms with Crippen molar-refractivity contribution in [2.75, 3.05) is 5.32 Å². The molecule has 0 aliphatic heterocycles. The molecule has 0 bridgehead atoms. The molecule has 0 saturated carbocycles. The first-order valence-corrected chi connectivity index (χ1v) is 12.1. The van der Waals surface area contributed by atoms with Gasteiger partial charge in [-0.1, -0.05) is 36.7 Å². The van der Waals surface area contributed by atoms with Gasteiger partial charge >= 0.3 is 0 Å². The van der Waals surface area contributed by atoms with Gasteiger partial charge in [-0.05, 0) is 55.0 Å². The Morgan fingerprint density at radius 3 is 2.87 bits per heavy atom. The number of fused-ring (bicyclic) bond motifs is 2. The van der Waals surface area contributed by atoms with E-state index in [4.69, 9.17) is 16.6 Å². The largest absolute Gasteiger partial charge is 0.312 e. The third-order valence-corrected chi connectivity index (χ3v) is 8.06. The van der Waals surface area contributed by atoms with Gasteiger partial charge in [0.1, 0.15) is 11.1 Å². The number of aromatic nitrogens is 1. The van der Waals surface area contributed by atoms with Gasteiger partial charge in [0.05, 0.1) is 31.6 Å². The van der Waals surface area contributed by atoms with Gasteiger partial charge in [0.15, 0.2) is 0 Å². The molecule has 0 fully saturated rings. The van der Waals surface area contributed by atoms with E-state index in [0.29, 0.717) is 32.1 Å². The number of halogens is 1. The molecule has 4 aromatic rings. The lowest BCUT2D eigenvalue weighted by Gasteiger charge is -2.17. The molecule has 3 aromatic heterocycles. The monoisotopic (exact) mass is 463 g/mol. The summed E-state index contributed by atoms with van der Waals surface area (Å²) < 4.78 is 0.674. The van der Waals surface area contributed by atoms with Crippen LogP contribution in [-0.4, -0.2) is 10.9 Å². The Bertz CT molecular complexity index is 1370. The number of rotatable bonds is 3. The van der Waals surface area contributed by atoms with Gasteiger partial charge in [0, 0.05) is 10.3 Å². The number of thiophene rings is 2. The van der Waals surface area contributed by atoms with Crippen LogP contribution in [0.3, 0.4) is 0 Å². The number of pyridine rings is 1. The average Bonchev–Trinajstić information content (AvgIpc) is 3.35. The predicted molar refractivity (Wildman–Crippen MR) is 128 cm³/mol. The maximum atomic E-state index is 13.4. The summed E-state index contributed by atoms with van der Waals surface area (Å²) in [4.78, 5) is 20.3. The number of anilines is 1. The molecule has 1 amide bonds. The summed E-state index contributed by atoms with van der Waals surface area (Å²) in [5.41, 5.74) is 3.71. The first-order valence-electron chi connectivity index (χ1n) is 10.0. The molecule has 0 radical (unpaired) electrons. The number of hydrogen-bond donors (Lipinski definition) is 1. The Kier molecular flexibility index (Phi) is 5.27. The van der Waals surface area contributed by atoms with Crippen LogP contribution in [-0.2, 0) is 12.8 Å². The van der Waals surface area contributed by atoms with E-state index in [2.05, 4.69) is 18.3 Å². The number of benzene rings is 1. The average molecular weight is 464 g/mol. The Labute approximate surface area is 193 Å². The number of para-hydroxylation sites is 1. The number of carbonyl (C=O) groups excluding carboxylic acids is 1. The minimum absolute atomic E-state index is 0.231. The maximum Gasteiger partial charge on any atom is 0.257 e. The SMILES string of the molecule is CC1CCc2c(sc(NC(=O)c3cc(-c4ccc(Cl)s4)nc4ccccc34)c2C#N)C1. The molecule has 3 heterocycles. The zero-order chi connectivity index (χ0) is 21.5. The van der Waals surface area contributed by atoms with Crippen LogP contribution in [0.1, 0.15) is 39.7 Å². The molecule has 0 spiro atoms. The van der Waals surface area contributed by atoms with Gasteiger partial charge in [-0.15, -0.1) is 22.7 Å². The normalized spacial score (nSPS) is 15.5. The Morgan fingerprint density at radius 1 is 1.26 bits per heavy atom. The molecule has 154 valence electrons. The Hall–Kier alpha value is -2.72. The highest BCUT2D eigenvalue weighted by Gasteiger charge is 2.25. The number of nitrogens with one attached hydrogen (secondary N) is 1. The van der Waals surface area contributed by atoms with Crippen LogP contribution in [0.25, 0.3) is 21.5 Å². The van der Waals surface area contributed by atoms with E-state index in [9.17, 15) is 10.1 Å². The first-order chi connectivity index (χ1) is 15.0. The number of nitriles is 1. The van der Waals surface area contributed by atoms with Crippen molar-refractivity contribution in [3.8, 4) is 16.6 Å². The second-order valence-corrected chi connectivity index (χ2v) is 10.6. The standard InChI is InChI=1S/C24H18ClN3OS2/c1-13-6-7-15-17(12-26)24(31-21(15)10-13)28-23(29)16-11-19(20-8-9-22(25)30-20)27-18-5-3-2-4-14(16)18/h2-5,8-9,11,13H,6-7,10H2,1H3,(H,28,29). The molecule has 0 saturated heterocycles. The quantitative estimate of drug-likeness (QED) is 0.358. The Balaban J connectivity index is 1.57. The fraction of sp³-hybridized carbons (Fsp3) is 0.208. The van der Waals surface area contributed by atoms with Crippen LogP contribution in [0.4, 0.5) is 5.00 Å². The van der Waals surface area contributed by atoms with E-state index in [1.165, 1.54) is 27.6 Å². The van der Waals surface area contributed by atoms with E-state index in [-0.39, 0.29) is 5.91 Å². The van der Waals surface area contributed by atoms with Crippen molar-refractivity contribution < 1.29 is 4.79 Å². The van der Waals surface area contributed by atoms with Crippen molar-refractivity contribution in [3.05, 3.63) is 68.4 Å². The van der Waals surface area contributed by atoms with Gasteiger partial charge in [-0.3, -0.25) is 4.79 Å². The van der Waals surface area contributed by atoms with Crippen LogP contribution in [0.2, 0.25) is 4.34 Å². The zero-order valence-corrected chi connectivity index (χ0v) is 19.1. The number of carbonyl (C=O) groups is 1. The molecule has 1 atom stereocenters. The molecular formula is C24H18ClN3OS2. The Morgan fingerprint density at radius 2 is 2.10 bits per heavy atom. The number of nitrogens with zero attached hydrogens (tertiary/aromatic N) is 2. The molecule has 7 heteroatoms. The summed E-state index contributed by atoms with van der Waals surface area (Å²) in [7, 11) is 0. The fourth-order valence-corrected chi connectivity index (χ4v) is 6.43. The van der Waals surface area contributed by atoms with E-state index in [0.717, 1.165) is 40.6 Å². The van der Waals surface area contributed by atoms with Crippen LogP contribution in [0.15, 0.2) is 42.5 Å². The minimum Gasteiger partial charge on any atom is -0.312 e. The molecule has 1 aromatic carbocycles. The zero-order valence-electron chi connectivity index (χ0n) is 16.7. The molecule has 1 unspecified atom stereocenters. The highest BCUT2D eigenvalue weighted by molar-refractivity contribution is 7.19. The summed E-state index contributed by atoms with van der Waals surface area (Å²) in [5.74, 6) is 0.371. The molecular weight excluding hydrogens is 446 g/mol. The van der Waals surface area contributed by atoms with Gasteiger partial charge in [0.2, 0.25) is 0 Å². The highest BCUT2D eigenvalue weighted by atomic mass is 35.5. The topological polar surface area (TPSA) is 65.8 Å². The van der Waals surface area contributed by atoms with Crippen LogP contribution >= 0.6 is 34.3 Å². The van der Waals surface area contributed by atoms with E-state index < -0.39 is 0 Å². The second-order valence-electron chi connectivity index (χ2n) is 7.80. The first kappa shape index (κ1) is 20.2. The molecule has 1 N–H and O–H groups in total. The molecule has 4 nitrogen and oxygen atoms in total. The van der Waals surface area contributed by atoms with Crippen molar-refractivity contribution in [2.45, 2.75) is 26.2 Å². The molecule has 1 aliphatic rings. The van der Waals surface area contributed by atoms with E-state index in [1.54, 1.807) is 0 Å². The summed E-state index contributed by atoms with van der Waals surface area (Å²) in [5, 5.41) is 14.2. The second kappa shape index (κ2) is 8.08. The van der Waals surface area contributed by atoms with Crippen LogP contribution in [0.5, 0.6) is 0 Å². The van der Waals surface area contributed by atoms with Crippen LogP contribution in [0, 0.1) is 17.2 Å². The number of amides is 1. The molecule has 31 heavy (non-hydrogen) atoms. The van der Waals surface area contributed by atoms with Crippen molar-refractivity contribution in [1.29, 1.82) is 5.26 Å². The van der Waals surface area contributed by atoms with Crippen molar-refractivity contribution in [3.63, 3.8) is 0 Å².